The predicted octanol–water partition coefficient (Wildman–Crippen LogP) is 2.92. The van der Waals surface area contributed by atoms with Gasteiger partial charge in [-0.05, 0) is 58.8 Å². The van der Waals surface area contributed by atoms with Crippen LogP contribution in [0.25, 0.3) is 0 Å². The third-order valence-corrected chi connectivity index (χ3v) is 3.85. The van der Waals surface area contributed by atoms with E-state index in [0.29, 0.717) is 13.0 Å². The molecule has 1 amide bonds. The molecule has 0 atom stereocenters. The standard InChI is InChI=1S/C16H30N2O4/c1-6-21-13(19)11-16(5)9-7-12(8-10-16)17-18-14(20)22-15(2,3)4/h12,17H,6-11H2,1-5H3,(H,18,20). The Morgan fingerprint density at radius 3 is 2.32 bits per heavy atom. The van der Waals surface area contributed by atoms with Gasteiger partial charge in [0.2, 0.25) is 0 Å². The van der Waals surface area contributed by atoms with Crippen molar-refractivity contribution in [3.8, 4) is 0 Å². The van der Waals surface area contributed by atoms with E-state index in [9.17, 15) is 9.59 Å². The van der Waals surface area contributed by atoms with E-state index >= 15 is 0 Å². The maximum atomic E-state index is 11.6. The minimum absolute atomic E-state index is 0.00362. The number of hydrogen-bond donors (Lipinski definition) is 2. The highest BCUT2D eigenvalue weighted by atomic mass is 16.6. The van der Waals surface area contributed by atoms with E-state index in [1.54, 1.807) is 0 Å². The smallest absolute Gasteiger partial charge is 0.422 e. The predicted molar refractivity (Wildman–Crippen MR) is 84.1 cm³/mol. The Kier molecular flexibility index (Phi) is 6.66. The molecule has 0 aromatic carbocycles. The Labute approximate surface area is 133 Å². The summed E-state index contributed by atoms with van der Waals surface area (Å²) >= 11 is 0. The highest BCUT2D eigenvalue weighted by molar-refractivity contribution is 5.70. The van der Waals surface area contributed by atoms with Crippen LogP contribution >= 0.6 is 0 Å². The SMILES string of the molecule is CCOC(=O)CC1(C)CCC(NNC(=O)OC(C)(C)C)CC1. The number of esters is 1. The van der Waals surface area contributed by atoms with E-state index < -0.39 is 11.7 Å². The molecule has 0 aromatic rings. The van der Waals surface area contributed by atoms with Crippen molar-refractivity contribution in [2.75, 3.05) is 6.61 Å². The molecule has 0 radical (unpaired) electrons. The van der Waals surface area contributed by atoms with Crippen LogP contribution in [0, 0.1) is 5.41 Å². The summed E-state index contributed by atoms with van der Waals surface area (Å²) in [5.41, 5.74) is 5.11. The first kappa shape index (κ1) is 18.7. The summed E-state index contributed by atoms with van der Waals surface area (Å²) in [5.74, 6) is -0.122. The summed E-state index contributed by atoms with van der Waals surface area (Å²) in [5, 5.41) is 0. The van der Waals surface area contributed by atoms with E-state index in [2.05, 4.69) is 17.8 Å². The van der Waals surface area contributed by atoms with Crippen molar-refractivity contribution >= 4 is 12.1 Å². The van der Waals surface area contributed by atoms with Crippen LogP contribution in [0.4, 0.5) is 4.79 Å². The number of hydrazine groups is 1. The third-order valence-electron chi connectivity index (χ3n) is 3.85. The van der Waals surface area contributed by atoms with Crippen LogP contribution in [0.2, 0.25) is 0 Å². The molecule has 1 fully saturated rings. The number of ether oxygens (including phenoxy) is 2. The Balaban J connectivity index is 2.30. The Bertz CT molecular complexity index is 382. The van der Waals surface area contributed by atoms with Crippen molar-refractivity contribution in [3.05, 3.63) is 0 Å². The van der Waals surface area contributed by atoms with Gasteiger partial charge in [-0.3, -0.25) is 10.2 Å². The number of amides is 1. The van der Waals surface area contributed by atoms with Gasteiger partial charge in [0.25, 0.3) is 0 Å². The first-order valence-electron chi connectivity index (χ1n) is 8.04. The third kappa shape index (κ3) is 7.11. The van der Waals surface area contributed by atoms with Crippen molar-refractivity contribution in [2.45, 2.75) is 78.4 Å². The molecule has 22 heavy (non-hydrogen) atoms. The second-order valence-electron chi connectivity index (χ2n) is 7.34. The molecule has 0 aromatic heterocycles. The summed E-state index contributed by atoms with van der Waals surface area (Å²) in [7, 11) is 0. The summed E-state index contributed by atoms with van der Waals surface area (Å²) in [4.78, 5) is 23.2. The largest absolute Gasteiger partial charge is 0.466 e. The van der Waals surface area contributed by atoms with E-state index in [0.717, 1.165) is 25.7 Å². The van der Waals surface area contributed by atoms with Crippen LogP contribution in [0.15, 0.2) is 0 Å². The minimum Gasteiger partial charge on any atom is -0.466 e. The molecule has 0 spiro atoms. The van der Waals surface area contributed by atoms with Crippen molar-refractivity contribution in [3.63, 3.8) is 0 Å². The fourth-order valence-corrected chi connectivity index (χ4v) is 2.66. The molecule has 128 valence electrons. The molecule has 6 heteroatoms. The normalized spacial score (nSPS) is 25.4. The van der Waals surface area contributed by atoms with Gasteiger partial charge in [0, 0.05) is 6.04 Å². The fourth-order valence-electron chi connectivity index (χ4n) is 2.66. The van der Waals surface area contributed by atoms with Crippen LogP contribution in [0.3, 0.4) is 0 Å². The maximum absolute atomic E-state index is 11.6. The van der Waals surface area contributed by atoms with E-state index in [1.807, 2.05) is 27.7 Å². The van der Waals surface area contributed by atoms with Gasteiger partial charge in [0.1, 0.15) is 5.60 Å². The lowest BCUT2D eigenvalue weighted by atomic mass is 9.72. The monoisotopic (exact) mass is 314 g/mol. The summed E-state index contributed by atoms with van der Waals surface area (Å²) < 4.78 is 10.2. The number of hydrogen-bond acceptors (Lipinski definition) is 5. The number of carbonyl (C=O) groups is 2. The van der Waals surface area contributed by atoms with Gasteiger partial charge in [-0.15, -0.1) is 0 Å². The molecule has 1 saturated carbocycles. The first-order chi connectivity index (χ1) is 10.1. The second-order valence-corrected chi connectivity index (χ2v) is 7.34. The molecular formula is C16H30N2O4. The van der Waals surface area contributed by atoms with Crippen LogP contribution in [-0.4, -0.2) is 30.3 Å². The minimum atomic E-state index is -0.503. The molecule has 1 aliphatic rings. The lowest BCUT2D eigenvalue weighted by molar-refractivity contribution is -0.146. The number of carbonyl (C=O) groups excluding carboxylic acids is 2. The zero-order chi connectivity index (χ0) is 16.8. The summed E-state index contributed by atoms with van der Waals surface area (Å²) in [6.07, 6.45) is 3.68. The molecule has 0 saturated heterocycles. The zero-order valence-electron chi connectivity index (χ0n) is 14.5. The number of rotatable bonds is 5. The maximum Gasteiger partial charge on any atom is 0.422 e. The first-order valence-corrected chi connectivity index (χ1v) is 8.04. The van der Waals surface area contributed by atoms with Crippen LogP contribution < -0.4 is 10.9 Å². The van der Waals surface area contributed by atoms with Gasteiger partial charge in [0.15, 0.2) is 0 Å². The lowest BCUT2D eigenvalue weighted by Gasteiger charge is -2.37. The zero-order valence-corrected chi connectivity index (χ0v) is 14.5. The quantitative estimate of drug-likeness (QED) is 0.603. The summed E-state index contributed by atoms with van der Waals surface area (Å²) in [6, 6.07) is 0.211. The van der Waals surface area contributed by atoms with Gasteiger partial charge in [-0.2, -0.15) is 0 Å². The highest BCUT2D eigenvalue weighted by Gasteiger charge is 2.33. The van der Waals surface area contributed by atoms with Gasteiger partial charge in [0.05, 0.1) is 13.0 Å². The number of nitrogens with one attached hydrogen (secondary N) is 2. The van der Waals surface area contributed by atoms with E-state index in [-0.39, 0.29) is 17.4 Å². The fraction of sp³-hybridized carbons (Fsp3) is 0.875. The molecule has 0 bridgehead atoms. The van der Waals surface area contributed by atoms with Crippen molar-refractivity contribution in [1.29, 1.82) is 0 Å². The lowest BCUT2D eigenvalue weighted by Crippen LogP contribution is -2.48. The van der Waals surface area contributed by atoms with Crippen LogP contribution in [0.5, 0.6) is 0 Å². The van der Waals surface area contributed by atoms with Gasteiger partial charge >= 0.3 is 12.1 Å². The molecule has 2 N–H and O–H groups in total. The van der Waals surface area contributed by atoms with E-state index in [1.165, 1.54) is 0 Å². The Morgan fingerprint density at radius 1 is 1.23 bits per heavy atom. The molecular weight excluding hydrogens is 284 g/mol. The molecule has 6 nitrogen and oxygen atoms in total. The highest BCUT2D eigenvalue weighted by Crippen LogP contribution is 2.39. The Hall–Kier alpha value is -1.30. The van der Waals surface area contributed by atoms with Crippen LogP contribution in [-0.2, 0) is 14.3 Å². The Morgan fingerprint density at radius 2 is 1.82 bits per heavy atom. The molecule has 0 aliphatic heterocycles. The topological polar surface area (TPSA) is 76.7 Å². The van der Waals surface area contributed by atoms with Gasteiger partial charge in [-0.25, -0.2) is 10.2 Å². The average molecular weight is 314 g/mol. The van der Waals surface area contributed by atoms with E-state index in [4.69, 9.17) is 9.47 Å². The van der Waals surface area contributed by atoms with Crippen molar-refractivity contribution in [1.82, 2.24) is 10.9 Å². The molecule has 0 unspecified atom stereocenters. The average Bonchev–Trinajstić information content (AvgIpc) is 2.36. The molecule has 0 heterocycles. The second kappa shape index (κ2) is 7.81. The summed E-state index contributed by atoms with van der Waals surface area (Å²) in [6.45, 7) is 9.86. The molecule has 1 aliphatic carbocycles. The molecule has 1 rings (SSSR count). The van der Waals surface area contributed by atoms with Crippen molar-refractivity contribution < 1.29 is 19.1 Å². The van der Waals surface area contributed by atoms with Gasteiger partial charge < -0.3 is 9.47 Å². The van der Waals surface area contributed by atoms with Crippen molar-refractivity contribution in [2.24, 2.45) is 5.41 Å². The van der Waals surface area contributed by atoms with Gasteiger partial charge in [-0.1, -0.05) is 6.92 Å². The van der Waals surface area contributed by atoms with Crippen LogP contribution in [0.1, 0.15) is 66.7 Å².